The smallest absolute Gasteiger partial charge is 0.318 e. The third-order valence-electron chi connectivity index (χ3n) is 3.32. The molecule has 2 heterocycles. The van der Waals surface area contributed by atoms with Crippen LogP contribution in [0.5, 0.6) is 0 Å². The fraction of sp³-hybridized carbons (Fsp3) is 0.846. The Hall–Kier alpha value is -1.14. The average Bonchev–Trinajstić information content (AvgIpc) is 2.93. The van der Waals surface area contributed by atoms with Gasteiger partial charge in [0.1, 0.15) is 0 Å². The molecule has 1 aromatic heterocycles. The predicted molar refractivity (Wildman–Crippen MR) is 72.9 cm³/mol. The van der Waals surface area contributed by atoms with Gasteiger partial charge in [0.25, 0.3) is 0 Å². The fourth-order valence-corrected chi connectivity index (χ4v) is 2.21. The molecule has 1 atom stereocenters. The molecule has 0 radical (unpaired) electrons. The van der Waals surface area contributed by atoms with E-state index in [1.165, 1.54) is 0 Å². The highest BCUT2D eigenvalue weighted by Crippen LogP contribution is 2.24. The van der Waals surface area contributed by atoms with Gasteiger partial charge in [-0.05, 0) is 39.5 Å². The Kier molecular flexibility index (Phi) is 4.42. The number of aliphatic hydroxyl groups is 1. The third kappa shape index (κ3) is 4.18. The minimum absolute atomic E-state index is 0.0362. The van der Waals surface area contributed by atoms with E-state index in [1.54, 1.807) is 0 Å². The van der Waals surface area contributed by atoms with Gasteiger partial charge in [-0.3, -0.25) is 0 Å². The summed E-state index contributed by atoms with van der Waals surface area (Å²) in [5.74, 6) is 1.16. The molecular formula is C13H24N4O2. The van der Waals surface area contributed by atoms with Crippen LogP contribution in [0.4, 0.5) is 6.01 Å². The lowest BCUT2D eigenvalue weighted by Crippen LogP contribution is -2.35. The minimum atomic E-state index is 0.0362. The highest BCUT2D eigenvalue weighted by Gasteiger charge is 2.25. The van der Waals surface area contributed by atoms with Crippen LogP contribution in [0.25, 0.3) is 0 Å². The van der Waals surface area contributed by atoms with Gasteiger partial charge in [0.2, 0.25) is 5.89 Å². The van der Waals surface area contributed by atoms with E-state index in [1.807, 2.05) is 0 Å². The first-order valence-corrected chi connectivity index (χ1v) is 6.91. The molecule has 108 valence electrons. The zero-order valence-corrected chi connectivity index (χ0v) is 12.0. The second kappa shape index (κ2) is 5.88. The van der Waals surface area contributed by atoms with E-state index < -0.39 is 0 Å². The Balaban J connectivity index is 1.87. The van der Waals surface area contributed by atoms with Gasteiger partial charge >= 0.3 is 6.01 Å². The second-order valence-corrected chi connectivity index (χ2v) is 6.19. The van der Waals surface area contributed by atoms with E-state index in [4.69, 9.17) is 9.52 Å². The van der Waals surface area contributed by atoms with Crippen LogP contribution in [0.15, 0.2) is 4.42 Å². The van der Waals surface area contributed by atoms with Crippen molar-refractivity contribution in [2.24, 2.45) is 5.92 Å². The highest BCUT2D eigenvalue weighted by molar-refractivity contribution is 5.26. The Labute approximate surface area is 114 Å². The quantitative estimate of drug-likeness (QED) is 0.835. The summed E-state index contributed by atoms with van der Waals surface area (Å²) in [4.78, 5) is 2.11. The molecule has 6 nitrogen and oxygen atoms in total. The van der Waals surface area contributed by atoms with Crippen molar-refractivity contribution < 1.29 is 9.52 Å². The molecule has 0 aromatic carbocycles. The molecule has 2 N–H and O–H groups in total. The molecule has 1 saturated heterocycles. The van der Waals surface area contributed by atoms with Crippen LogP contribution in [-0.4, -0.2) is 40.5 Å². The molecule has 0 bridgehead atoms. The van der Waals surface area contributed by atoms with Gasteiger partial charge in [0, 0.05) is 25.2 Å². The van der Waals surface area contributed by atoms with Gasteiger partial charge in [-0.2, -0.15) is 0 Å². The monoisotopic (exact) mass is 268 g/mol. The Morgan fingerprint density at radius 1 is 1.42 bits per heavy atom. The van der Waals surface area contributed by atoms with Crippen LogP contribution >= 0.6 is 0 Å². The number of nitrogens with zero attached hydrogens (tertiary/aromatic N) is 3. The van der Waals surface area contributed by atoms with Crippen LogP contribution in [0.3, 0.4) is 0 Å². The minimum Gasteiger partial charge on any atom is -0.407 e. The summed E-state index contributed by atoms with van der Waals surface area (Å²) in [6.45, 7) is 8.97. The van der Waals surface area contributed by atoms with Crippen LogP contribution in [0.1, 0.15) is 39.5 Å². The molecule has 2 rings (SSSR count). The van der Waals surface area contributed by atoms with Crippen molar-refractivity contribution in [1.29, 1.82) is 0 Å². The molecule has 19 heavy (non-hydrogen) atoms. The van der Waals surface area contributed by atoms with Gasteiger partial charge in [-0.15, -0.1) is 5.10 Å². The van der Waals surface area contributed by atoms with Crippen LogP contribution in [-0.2, 0) is 6.54 Å². The molecule has 0 saturated carbocycles. The SMILES string of the molecule is CC(C)(C)NCc1nnc(N2CCC(CCO)C2)o1. The van der Waals surface area contributed by atoms with Crippen molar-refractivity contribution in [3.63, 3.8) is 0 Å². The molecule has 0 spiro atoms. The zero-order chi connectivity index (χ0) is 13.9. The first kappa shape index (κ1) is 14.3. The van der Waals surface area contributed by atoms with Crippen molar-refractivity contribution in [2.45, 2.75) is 45.7 Å². The lowest BCUT2D eigenvalue weighted by Gasteiger charge is -2.18. The largest absolute Gasteiger partial charge is 0.407 e. The Morgan fingerprint density at radius 3 is 2.89 bits per heavy atom. The van der Waals surface area contributed by atoms with Crippen molar-refractivity contribution in [3.8, 4) is 0 Å². The molecule has 1 fully saturated rings. The average molecular weight is 268 g/mol. The first-order valence-electron chi connectivity index (χ1n) is 6.91. The lowest BCUT2D eigenvalue weighted by atomic mass is 10.1. The Morgan fingerprint density at radius 2 is 2.21 bits per heavy atom. The number of rotatable bonds is 5. The number of nitrogens with one attached hydrogen (secondary N) is 1. The summed E-state index contributed by atoms with van der Waals surface area (Å²) >= 11 is 0. The van der Waals surface area contributed by atoms with E-state index in [-0.39, 0.29) is 12.1 Å². The van der Waals surface area contributed by atoms with Crippen molar-refractivity contribution in [3.05, 3.63) is 5.89 Å². The fourth-order valence-electron chi connectivity index (χ4n) is 2.21. The second-order valence-electron chi connectivity index (χ2n) is 6.19. The predicted octanol–water partition coefficient (Wildman–Crippen LogP) is 1.17. The van der Waals surface area contributed by atoms with Crippen LogP contribution in [0.2, 0.25) is 0 Å². The van der Waals surface area contributed by atoms with Gasteiger partial charge in [-0.25, -0.2) is 0 Å². The standard InChI is InChI=1S/C13H24N4O2/c1-13(2,3)14-8-11-15-16-12(19-11)17-6-4-10(9-17)5-7-18/h10,14,18H,4-9H2,1-3H3. The molecule has 0 amide bonds. The maximum Gasteiger partial charge on any atom is 0.318 e. The molecule has 0 aliphatic carbocycles. The van der Waals surface area contributed by atoms with Gasteiger partial charge < -0.3 is 19.7 Å². The third-order valence-corrected chi connectivity index (χ3v) is 3.32. The maximum absolute atomic E-state index is 8.96. The van der Waals surface area contributed by atoms with Gasteiger partial charge in [0.05, 0.1) is 6.54 Å². The zero-order valence-electron chi connectivity index (χ0n) is 12.0. The topological polar surface area (TPSA) is 74.4 Å². The van der Waals surface area contributed by atoms with Crippen molar-refractivity contribution in [2.75, 3.05) is 24.6 Å². The normalized spacial score (nSPS) is 20.2. The molecule has 1 aliphatic heterocycles. The summed E-state index contributed by atoms with van der Waals surface area (Å²) in [6.07, 6.45) is 1.93. The maximum atomic E-state index is 8.96. The molecule has 1 aromatic rings. The molecular weight excluding hydrogens is 244 g/mol. The number of aromatic nitrogens is 2. The summed E-state index contributed by atoms with van der Waals surface area (Å²) < 4.78 is 5.67. The highest BCUT2D eigenvalue weighted by atomic mass is 16.4. The van der Waals surface area contributed by atoms with Gasteiger partial charge in [-0.1, -0.05) is 5.10 Å². The van der Waals surface area contributed by atoms with Crippen LogP contribution in [0, 0.1) is 5.92 Å². The number of hydrogen-bond donors (Lipinski definition) is 2. The van der Waals surface area contributed by atoms with E-state index in [2.05, 4.69) is 41.2 Å². The van der Waals surface area contributed by atoms with Crippen LogP contribution < -0.4 is 10.2 Å². The lowest BCUT2D eigenvalue weighted by molar-refractivity contribution is 0.263. The summed E-state index contributed by atoms with van der Waals surface area (Å²) in [5.41, 5.74) is 0.0362. The molecule has 1 aliphatic rings. The van der Waals surface area contributed by atoms with E-state index in [9.17, 15) is 0 Å². The molecule has 1 unspecified atom stereocenters. The van der Waals surface area contributed by atoms with E-state index in [0.717, 1.165) is 25.9 Å². The summed E-state index contributed by atoms with van der Waals surface area (Å²) in [7, 11) is 0. The van der Waals surface area contributed by atoms with E-state index >= 15 is 0 Å². The van der Waals surface area contributed by atoms with Crippen molar-refractivity contribution >= 4 is 6.01 Å². The summed E-state index contributed by atoms with van der Waals surface area (Å²) in [6, 6.07) is 0.603. The van der Waals surface area contributed by atoms with Gasteiger partial charge in [0.15, 0.2) is 0 Å². The summed E-state index contributed by atoms with van der Waals surface area (Å²) in [5, 5.41) is 20.4. The van der Waals surface area contributed by atoms with Crippen molar-refractivity contribution in [1.82, 2.24) is 15.5 Å². The molecule has 6 heteroatoms. The first-order chi connectivity index (χ1) is 8.98. The number of anilines is 1. The Bertz CT molecular complexity index is 400. The van der Waals surface area contributed by atoms with E-state index in [0.29, 0.717) is 24.4 Å². The number of hydrogen-bond acceptors (Lipinski definition) is 6. The number of aliphatic hydroxyl groups excluding tert-OH is 1.